The van der Waals surface area contributed by atoms with Gasteiger partial charge in [0.05, 0.1) is 16.5 Å². The topological polar surface area (TPSA) is 46.2 Å². The second-order valence-electron chi connectivity index (χ2n) is 3.64. The van der Waals surface area contributed by atoms with E-state index in [9.17, 15) is 8.42 Å². The van der Waals surface area contributed by atoms with Crippen molar-refractivity contribution < 1.29 is 8.42 Å². The average molecular weight is 341 g/mol. The third kappa shape index (κ3) is 5.27. The maximum Gasteiger partial charge on any atom is 0.150 e. The van der Waals surface area contributed by atoms with Gasteiger partial charge in [-0.25, -0.2) is 8.42 Å². The Balaban J connectivity index is 2.41. The van der Waals surface area contributed by atoms with Gasteiger partial charge in [0.15, 0.2) is 0 Å². The molecule has 96 valence electrons. The molecule has 0 atom stereocenters. The molecule has 0 saturated carbocycles. The summed E-state index contributed by atoms with van der Waals surface area (Å²) in [6.07, 6.45) is 0.586. The lowest BCUT2D eigenvalue weighted by atomic mass is 10.3. The second-order valence-corrected chi connectivity index (χ2v) is 7.44. The van der Waals surface area contributed by atoms with Crippen molar-refractivity contribution in [3.8, 4) is 0 Å². The Bertz CT molecular complexity index is 476. The van der Waals surface area contributed by atoms with Crippen molar-refractivity contribution in [1.29, 1.82) is 0 Å². The van der Waals surface area contributed by atoms with Gasteiger partial charge in [-0.15, -0.1) is 0 Å². The maximum absolute atomic E-state index is 11.3. The van der Waals surface area contributed by atoms with Crippen LogP contribution >= 0.6 is 27.5 Å². The van der Waals surface area contributed by atoms with Gasteiger partial charge >= 0.3 is 0 Å². The first-order valence-electron chi connectivity index (χ1n) is 5.34. The molecular formula is C11H15BrClNO2S. The molecule has 0 heterocycles. The van der Waals surface area contributed by atoms with Crippen LogP contribution in [0.3, 0.4) is 0 Å². The Morgan fingerprint density at radius 2 is 2.12 bits per heavy atom. The van der Waals surface area contributed by atoms with Crippen molar-refractivity contribution in [2.45, 2.75) is 13.3 Å². The highest BCUT2D eigenvalue weighted by molar-refractivity contribution is 9.10. The number of anilines is 1. The molecule has 17 heavy (non-hydrogen) atoms. The third-order valence-electron chi connectivity index (χ3n) is 2.32. The van der Waals surface area contributed by atoms with E-state index in [1.807, 2.05) is 12.1 Å². The minimum Gasteiger partial charge on any atom is -0.384 e. The number of halogens is 2. The van der Waals surface area contributed by atoms with Crippen LogP contribution in [-0.2, 0) is 9.84 Å². The highest BCUT2D eigenvalue weighted by atomic mass is 79.9. The molecule has 1 aromatic rings. The summed E-state index contributed by atoms with van der Waals surface area (Å²) in [5, 5.41) is 3.74. The number of sulfone groups is 1. The van der Waals surface area contributed by atoms with Gasteiger partial charge in [-0.1, -0.05) is 34.5 Å². The van der Waals surface area contributed by atoms with Crippen LogP contribution in [0.5, 0.6) is 0 Å². The summed E-state index contributed by atoms with van der Waals surface area (Å²) < 4.78 is 23.4. The van der Waals surface area contributed by atoms with E-state index in [1.54, 1.807) is 13.0 Å². The van der Waals surface area contributed by atoms with Gasteiger partial charge < -0.3 is 5.32 Å². The number of hydrogen-bond donors (Lipinski definition) is 1. The number of nitrogens with one attached hydrogen (secondary N) is 1. The zero-order chi connectivity index (χ0) is 12.9. The van der Waals surface area contributed by atoms with Crippen molar-refractivity contribution in [2.75, 3.05) is 23.4 Å². The maximum atomic E-state index is 11.3. The lowest BCUT2D eigenvalue weighted by Gasteiger charge is -2.08. The van der Waals surface area contributed by atoms with E-state index in [4.69, 9.17) is 11.6 Å². The summed E-state index contributed by atoms with van der Waals surface area (Å²) in [7, 11) is -2.87. The fraction of sp³-hybridized carbons (Fsp3) is 0.455. The zero-order valence-electron chi connectivity index (χ0n) is 9.54. The third-order valence-corrected chi connectivity index (χ3v) is 4.91. The summed E-state index contributed by atoms with van der Waals surface area (Å²) in [4.78, 5) is 0. The van der Waals surface area contributed by atoms with Crippen LogP contribution in [0.2, 0.25) is 5.02 Å². The fourth-order valence-corrected chi connectivity index (χ4v) is 2.91. The molecule has 0 unspecified atom stereocenters. The number of benzene rings is 1. The van der Waals surface area contributed by atoms with Crippen LogP contribution in [0.1, 0.15) is 13.3 Å². The summed E-state index contributed by atoms with van der Waals surface area (Å²) >= 11 is 9.34. The van der Waals surface area contributed by atoms with Crippen LogP contribution in [0.4, 0.5) is 5.69 Å². The molecule has 0 aliphatic carbocycles. The molecule has 0 spiro atoms. The fourth-order valence-electron chi connectivity index (χ4n) is 1.29. The van der Waals surface area contributed by atoms with Crippen molar-refractivity contribution >= 4 is 43.1 Å². The molecule has 1 N–H and O–H groups in total. The Labute approximate surface area is 116 Å². The smallest absolute Gasteiger partial charge is 0.150 e. The second kappa shape index (κ2) is 6.61. The molecule has 1 rings (SSSR count). The quantitative estimate of drug-likeness (QED) is 0.808. The molecule has 0 fully saturated rings. The van der Waals surface area contributed by atoms with Crippen molar-refractivity contribution in [1.82, 2.24) is 0 Å². The Hall–Kier alpha value is -0.260. The van der Waals surface area contributed by atoms with Gasteiger partial charge in [-0.3, -0.25) is 0 Å². The Morgan fingerprint density at radius 1 is 1.41 bits per heavy atom. The minimum absolute atomic E-state index is 0.200. The molecule has 0 bridgehead atoms. The SMILES string of the molecule is CCS(=O)(=O)CCCNc1ccc(Br)cc1Cl. The van der Waals surface area contributed by atoms with E-state index >= 15 is 0 Å². The Kier molecular flexibility index (Phi) is 5.76. The van der Waals surface area contributed by atoms with E-state index in [0.29, 0.717) is 18.0 Å². The number of hydrogen-bond acceptors (Lipinski definition) is 3. The normalized spacial score (nSPS) is 11.5. The number of rotatable bonds is 6. The minimum atomic E-state index is -2.87. The molecule has 0 radical (unpaired) electrons. The first-order valence-corrected chi connectivity index (χ1v) is 8.33. The lowest BCUT2D eigenvalue weighted by Crippen LogP contribution is -2.13. The summed E-state index contributed by atoms with van der Waals surface area (Å²) in [5.74, 6) is 0.413. The Morgan fingerprint density at radius 3 is 2.71 bits per heavy atom. The highest BCUT2D eigenvalue weighted by Gasteiger charge is 2.06. The summed E-state index contributed by atoms with van der Waals surface area (Å²) in [5.41, 5.74) is 0.823. The van der Waals surface area contributed by atoms with Gasteiger partial charge in [0.25, 0.3) is 0 Å². The zero-order valence-corrected chi connectivity index (χ0v) is 12.7. The van der Waals surface area contributed by atoms with Crippen LogP contribution in [-0.4, -0.2) is 26.5 Å². The van der Waals surface area contributed by atoms with E-state index in [0.717, 1.165) is 10.2 Å². The summed E-state index contributed by atoms with van der Waals surface area (Å²) in [6, 6.07) is 5.55. The average Bonchev–Trinajstić information content (AvgIpc) is 2.27. The predicted octanol–water partition coefficient (Wildman–Crippen LogP) is 3.34. The van der Waals surface area contributed by atoms with Crippen LogP contribution in [0.15, 0.2) is 22.7 Å². The molecule has 0 saturated heterocycles. The monoisotopic (exact) mass is 339 g/mol. The van der Waals surface area contributed by atoms with Crippen LogP contribution < -0.4 is 5.32 Å². The van der Waals surface area contributed by atoms with Gasteiger partial charge in [0, 0.05) is 16.8 Å². The largest absolute Gasteiger partial charge is 0.384 e. The first-order chi connectivity index (χ1) is 7.94. The van der Waals surface area contributed by atoms with E-state index in [-0.39, 0.29) is 11.5 Å². The predicted molar refractivity (Wildman–Crippen MR) is 76.6 cm³/mol. The van der Waals surface area contributed by atoms with Crippen LogP contribution in [0, 0.1) is 0 Å². The first kappa shape index (κ1) is 14.8. The van der Waals surface area contributed by atoms with E-state index in [2.05, 4.69) is 21.2 Å². The van der Waals surface area contributed by atoms with E-state index < -0.39 is 9.84 Å². The van der Waals surface area contributed by atoms with Crippen molar-refractivity contribution in [3.63, 3.8) is 0 Å². The molecular weight excluding hydrogens is 326 g/mol. The van der Waals surface area contributed by atoms with E-state index in [1.165, 1.54) is 0 Å². The molecule has 0 aliphatic rings. The molecule has 0 aliphatic heterocycles. The molecule has 1 aromatic carbocycles. The van der Waals surface area contributed by atoms with Crippen LogP contribution in [0.25, 0.3) is 0 Å². The van der Waals surface area contributed by atoms with Crippen molar-refractivity contribution in [2.24, 2.45) is 0 Å². The summed E-state index contributed by atoms with van der Waals surface area (Å²) in [6.45, 7) is 2.26. The molecule has 6 heteroatoms. The molecule has 0 amide bonds. The van der Waals surface area contributed by atoms with Gasteiger partial charge in [0.2, 0.25) is 0 Å². The lowest BCUT2D eigenvalue weighted by molar-refractivity contribution is 0.595. The van der Waals surface area contributed by atoms with Gasteiger partial charge in [0.1, 0.15) is 9.84 Å². The van der Waals surface area contributed by atoms with Crippen molar-refractivity contribution in [3.05, 3.63) is 27.7 Å². The molecule has 3 nitrogen and oxygen atoms in total. The van der Waals surface area contributed by atoms with Gasteiger partial charge in [-0.2, -0.15) is 0 Å². The highest BCUT2D eigenvalue weighted by Crippen LogP contribution is 2.25. The van der Waals surface area contributed by atoms with Gasteiger partial charge in [-0.05, 0) is 24.6 Å². The standard InChI is InChI=1S/C11H15BrClNO2S/c1-2-17(15,16)7-3-6-14-11-5-4-9(12)8-10(11)13/h4-5,8,14H,2-3,6-7H2,1H3. The molecule has 0 aromatic heterocycles.